The van der Waals surface area contributed by atoms with Crippen molar-refractivity contribution in [3.05, 3.63) is 67.2 Å². The van der Waals surface area contributed by atoms with Gasteiger partial charge in [-0.05, 0) is 40.9 Å². The Morgan fingerprint density at radius 3 is 2.59 bits per heavy atom. The van der Waals surface area contributed by atoms with Crippen molar-refractivity contribution in [1.29, 1.82) is 0 Å². The number of carbonyl (C=O) groups is 1. The minimum Gasteiger partial charge on any atom is -0.290 e. The van der Waals surface area contributed by atoms with Crippen molar-refractivity contribution in [3.8, 4) is 0 Å². The summed E-state index contributed by atoms with van der Waals surface area (Å²) < 4.78 is 0. The van der Waals surface area contributed by atoms with Gasteiger partial charge in [-0.1, -0.05) is 25.1 Å². The predicted octanol–water partition coefficient (Wildman–Crippen LogP) is 5.07. The molecule has 0 radical (unpaired) electrons. The first kappa shape index (κ1) is 18.6. The topological polar surface area (TPSA) is 35.9 Å². The fourth-order valence-corrected chi connectivity index (χ4v) is 5.48. The summed E-state index contributed by atoms with van der Waals surface area (Å²) in [6.07, 6.45) is 0.782. The van der Waals surface area contributed by atoms with Crippen molar-refractivity contribution in [2.45, 2.75) is 25.9 Å². The number of carbonyl (C=O) groups excluding carboxylic acids is 1. The highest BCUT2D eigenvalue weighted by atomic mass is 32.1. The number of rotatable bonds is 7. The minimum absolute atomic E-state index is 0.00930. The molecular formula is C20H21N3OS3. The maximum atomic E-state index is 13.2. The van der Waals surface area contributed by atoms with Crippen LogP contribution in [0.15, 0.2) is 57.6 Å². The van der Waals surface area contributed by atoms with Crippen LogP contribution in [0.3, 0.4) is 0 Å². The third-order valence-electron chi connectivity index (χ3n) is 4.61. The van der Waals surface area contributed by atoms with Crippen molar-refractivity contribution in [2.24, 2.45) is 5.10 Å². The molecule has 1 amide bonds. The molecule has 27 heavy (non-hydrogen) atoms. The Kier molecular flexibility index (Phi) is 5.83. The van der Waals surface area contributed by atoms with Gasteiger partial charge in [-0.25, -0.2) is 5.01 Å². The zero-order chi connectivity index (χ0) is 18.6. The smallest absolute Gasteiger partial charge is 0.257 e. The molecule has 3 aromatic rings. The van der Waals surface area contributed by atoms with Gasteiger partial charge in [0.15, 0.2) is 0 Å². The molecule has 4 heterocycles. The highest BCUT2D eigenvalue weighted by molar-refractivity contribution is 7.12. The van der Waals surface area contributed by atoms with E-state index in [1.54, 1.807) is 39.0 Å². The molecular weight excluding hydrogens is 394 g/mol. The molecule has 0 aromatic carbocycles. The van der Waals surface area contributed by atoms with E-state index in [0.717, 1.165) is 30.1 Å². The lowest BCUT2D eigenvalue weighted by Gasteiger charge is -2.25. The normalized spacial score (nSPS) is 16.9. The second kappa shape index (κ2) is 8.48. The Labute approximate surface area is 171 Å². The van der Waals surface area contributed by atoms with E-state index >= 15 is 0 Å². The Bertz CT molecular complexity index is 885. The van der Waals surface area contributed by atoms with Crippen molar-refractivity contribution >= 4 is 45.6 Å². The Balaban J connectivity index is 1.53. The Morgan fingerprint density at radius 2 is 1.93 bits per heavy atom. The molecule has 0 aliphatic carbocycles. The van der Waals surface area contributed by atoms with E-state index in [0.29, 0.717) is 6.54 Å². The zero-order valence-electron chi connectivity index (χ0n) is 15.1. The maximum absolute atomic E-state index is 13.2. The van der Waals surface area contributed by atoms with Crippen molar-refractivity contribution in [2.75, 3.05) is 13.1 Å². The average Bonchev–Trinajstić information content (AvgIpc) is 3.48. The molecule has 3 aromatic heterocycles. The number of amides is 1. The maximum Gasteiger partial charge on any atom is 0.257 e. The molecule has 0 fully saturated rings. The molecule has 0 bridgehead atoms. The quantitative estimate of drug-likeness (QED) is 0.540. The first-order chi connectivity index (χ1) is 13.2. The second-order valence-electron chi connectivity index (χ2n) is 6.38. The lowest BCUT2D eigenvalue weighted by Crippen LogP contribution is -2.37. The largest absolute Gasteiger partial charge is 0.290 e. The number of hydrogen-bond acceptors (Lipinski definition) is 6. The first-order valence-electron chi connectivity index (χ1n) is 8.96. The van der Waals surface area contributed by atoms with Crippen molar-refractivity contribution in [3.63, 3.8) is 0 Å². The summed E-state index contributed by atoms with van der Waals surface area (Å²) in [6.45, 7) is 4.13. The molecule has 4 nitrogen and oxygen atoms in total. The monoisotopic (exact) mass is 415 g/mol. The van der Waals surface area contributed by atoms with Gasteiger partial charge in [0.1, 0.15) is 0 Å². The van der Waals surface area contributed by atoms with E-state index < -0.39 is 0 Å². The van der Waals surface area contributed by atoms with Crippen LogP contribution in [-0.4, -0.2) is 34.6 Å². The van der Waals surface area contributed by atoms with Gasteiger partial charge in [-0.3, -0.25) is 9.69 Å². The molecule has 0 N–H and O–H groups in total. The predicted molar refractivity (Wildman–Crippen MR) is 115 cm³/mol. The van der Waals surface area contributed by atoms with Crippen LogP contribution in [0.2, 0.25) is 0 Å². The van der Waals surface area contributed by atoms with Gasteiger partial charge in [-0.15, -0.1) is 34.0 Å². The second-order valence-corrected chi connectivity index (χ2v) is 9.34. The van der Waals surface area contributed by atoms with Crippen LogP contribution in [0.25, 0.3) is 0 Å². The van der Waals surface area contributed by atoms with E-state index in [-0.39, 0.29) is 11.9 Å². The average molecular weight is 416 g/mol. The fourth-order valence-electron chi connectivity index (χ4n) is 3.20. The molecule has 1 aliphatic heterocycles. The standard InChI is InChI=1S/C20H21N3OS3/c1-2-22(13-15-6-3-9-25-15)14-20(24)23-17(19-8-5-11-27-19)12-16(21-23)18-7-4-10-26-18/h3-11,17H,2,12-14H2,1H3. The third kappa shape index (κ3) is 4.21. The third-order valence-corrected chi connectivity index (χ3v) is 7.36. The highest BCUT2D eigenvalue weighted by Crippen LogP contribution is 2.36. The summed E-state index contributed by atoms with van der Waals surface area (Å²) >= 11 is 5.11. The summed E-state index contributed by atoms with van der Waals surface area (Å²) in [6, 6.07) is 12.4. The molecule has 7 heteroatoms. The van der Waals surface area contributed by atoms with Gasteiger partial charge in [0, 0.05) is 22.7 Å². The van der Waals surface area contributed by atoms with Gasteiger partial charge in [0.2, 0.25) is 0 Å². The Hall–Kier alpha value is -1.80. The lowest BCUT2D eigenvalue weighted by molar-refractivity contribution is -0.134. The van der Waals surface area contributed by atoms with Crippen molar-refractivity contribution in [1.82, 2.24) is 9.91 Å². The van der Waals surface area contributed by atoms with E-state index in [2.05, 4.69) is 52.2 Å². The molecule has 1 aliphatic rings. The Morgan fingerprint density at radius 1 is 1.15 bits per heavy atom. The van der Waals surface area contributed by atoms with Crippen LogP contribution in [0.5, 0.6) is 0 Å². The molecule has 1 atom stereocenters. The number of likely N-dealkylation sites (N-methyl/N-ethyl adjacent to an activating group) is 1. The van der Waals surface area contributed by atoms with Crippen LogP contribution in [0.1, 0.15) is 34.0 Å². The molecule has 140 valence electrons. The summed E-state index contributed by atoms with van der Waals surface area (Å²) in [5.74, 6) is 0.0679. The zero-order valence-corrected chi connectivity index (χ0v) is 17.5. The van der Waals surface area contributed by atoms with Gasteiger partial charge in [0.05, 0.1) is 23.2 Å². The van der Waals surface area contributed by atoms with Crippen LogP contribution < -0.4 is 0 Å². The summed E-state index contributed by atoms with van der Waals surface area (Å²) in [5.41, 5.74) is 1.01. The molecule has 0 spiro atoms. The van der Waals surface area contributed by atoms with Crippen LogP contribution >= 0.6 is 34.0 Å². The van der Waals surface area contributed by atoms with E-state index in [1.807, 2.05) is 12.1 Å². The van der Waals surface area contributed by atoms with E-state index in [9.17, 15) is 4.79 Å². The van der Waals surface area contributed by atoms with E-state index in [1.165, 1.54) is 9.75 Å². The van der Waals surface area contributed by atoms with Crippen LogP contribution in [0.4, 0.5) is 0 Å². The van der Waals surface area contributed by atoms with Crippen molar-refractivity contribution < 1.29 is 4.79 Å². The molecule has 1 unspecified atom stereocenters. The number of nitrogens with zero attached hydrogens (tertiary/aromatic N) is 3. The fraction of sp³-hybridized carbons (Fsp3) is 0.300. The van der Waals surface area contributed by atoms with Gasteiger partial charge >= 0.3 is 0 Å². The summed E-state index contributed by atoms with van der Waals surface area (Å²) in [4.78, 5) is 19.0. The highest BCUT2D eigenvalue weighted by Gasteiger charge is 2.34. The SMILES string of the molecule is CCN(CC(=O)N1N=C(c2cccs2)CC1c1cccs1)Cc1cccs1. The lowest BCUT2D eigenvalue weighted by atomic mass is 10.1. The van der Waals surface area contributed by atoms with Crippen LogP contribution in [0, 0.1) is 0 Å². The van der Waals surface area contributed by atoms with Gasteiger partial charge < -0.3 is 0 Å². The van der Waals surface area contributed by atoms with E-state index in [4.69, 9.17) is 5.10 Å². The number of hydrazone groups is 1. The molecule has 0 saturated heterocycles. The molecule has 0 saturated carbocycles. The summed E-state index contributed by atoms with van der Waals surface area (Å²) in [7, 11) is 0. The van der Waals surface area contributed by atoms with Gasteiger partial charge in [-0.2, -0.15) is 5.10 Å². The van der Waals surface area contributed by atoms with Crippen LogP contribution in [-0.2, 0) is 11.3 Å². The number of thiophene rings is 3. The number of hydrogen-bond donors (Lipinski definition) is 0. The van der Waals surface area contributed by atoms with Gasteiger partial charge in [0.25, 0.3) is 5.91 Å². The minimum atomic E-state index is 0.00930. The molecule has 4 rings (SSSR count). The summed E-state index contributed by atoms with van der Waals surface area (Å²) in [5, 5.41) is 12.7. The first-order valence-corrected chi connectivity index (χ1v) is 11.6.